The highest BCUT2D eigenvalue weighted by atomic mass is 79.9. The smallest absolute Gasteiger partial charge is 0.0481 e. The molecule has 0 fully saturated rings. The second-order valence-corrected chi connectivity index (χ2v) is 4.44. The summed E-state index contributed by atoms with van der Waals surface area (Å²) >= 11 is 3.47. The van der Waals surface area contributed by atoms with Crippen LogP contribution in [0.2, 0.25) is 0 Å². The van der Waals surface area contributed by atoms with Crippen LogP contribution in [0.25, 0.3) is 10.9 Å². The van der Waals surface area contributed by atoms with Crippen molar-refractivity contribution in [2.24, 2.45) is 0 Å². The highest BCUT2D eigenvalue weighted by Crippen LogP contribution is 2.21. The predicted molar refractivity (Wildman–Crippen MR) is 67.7 cm³/mol. The van der Waals surface area contributed by atoms with Crippen molar-refractivity contribution < 1.29 is 0 Å². The Balaban J connectivity index is 2.26. The fraction of sp³-hybridized carbons (Fsp3) is 0.231. The minimum Gasteiger partial charge on any atom is -0.347 e. The number of aryl methyl sites for hydroxylation is 1. The molecule has 0 saturated carbocycles. The number of unbranched alkanes of at least 4 members (excludes halogenated alkanes) is 1. The van der Waals surface area contributed by atoms with Gasteiger partial charge in [0.05, 0.1) is 0 Å². The van der Waals surface area contributed by atoms with Gasteiger partial charge in [0.1, 0.15) is 0 Å². The number of nitrogens with zero attached hydrogens (tertiary/aromatic N) is 1. The van der Waals surface area contributed by atoms with Crippen molar-refractivity contribution in [3.63, 3.8) is 0 Å². The maximum atomic E-state index is 5.24. The van der Waals surface area contributed by atoms with Crippen LogP contribution in [0.5, 0.6) is 0 Å². The summed E-state index contributed by atoms with van der Waals surface area (Å²) in [6.45, 7) is 0.995. The average molecular weight is 262 g/mol. The van der Waals surface area contributed by atoms with Crippen LogP contribution in [-0.4, -0.2) is 4.57 Å². The van der Waals surface area contributed by atoms with Gasteiger partial charge >= 0.3 is 0 Å². The quantitative estimate of drug-likeness (QED) is 0.585. The molecule has 0 N–H and O–H groups in total. The first-order valence-electron chi connectivity index (χ1n) is 4.99. The molecule has 0 aliphatic rings. The van der Waals surface area contributed by atoms with Gasteiger partial charge in [0.25, 0.3) is 0 Å². The predicted octanol–water partition coefficient (Wildman–Crippen LogP) is 3.82. The maximum Gasteiger partial charge on any atom is 0.0481 e. The van der Waals surface area contributed by atoms with Gasteiger partial charge in [0.15, 0.2) is 0 Å². The van der Waals surface area contributed by atoms with Gasteiger partial charge in [-0.15, -0.1) is 12.3 Å². The molecule has 76 valence electrons. The van der Waals surface area contributed by atoms with Gasteiger partial charge in [0.2, 0.25) is 0 Å². The molecular weight excluding hydrogens is 250 g/mol. The molecule has 0 bridgehead atoms. The third-order valence-corrected chi connectivity index (χ3v) is 2.95. The molecule has 0 saturated heterocycles. The number of rotatable bonds is 3. The monoisotopic (exact) mass is 261 g/mol. The Hall–Kier alpha value is -1.20. The summed E-state index contributed by atoms with van der Waals surface area (Å²) in [7, 11) is 0. The average Bonchev–Trinajstić information content (AvgIpc) is 2.61. The first kappa shape index (κ1) is 10.3. The number of fused-ring (bicyclic) bond motifs is 1. The molecule has 1 aromatic heterocycles. The minimum atomic E-state index is 0.843. The standard InChI is InChI=1S/C13H12BrN/c1-2-3-4-8-15-9-7-11-10-12(14)5-6-13(11)15/h1,5-7,9-10H,3-4,8H2. The minimum absolute atomic E-state index is 0.843. The highest BCUT2D eigenvalue weighted by molar-refractivity contribution is 9.10. The first-order valence-corrected chi connectivity index (χ1v) is 5.78. The summed E-state index contributed by atoms with van der Waals surface area (Å²) < 4.78 is 3.37. The van der Waals surface area contributed by atoms with E-state index in [0.717, 1.165) is 23.9 Å². The molecule has 2 heteroatoms. The normalized spacial score (nSPS) is 10.4. The zero-order chi connectivity index (χ0) is 10.7. The molecule has 1 nitrogen and oxygen atoms in total. The summed E-state index contributed by atoms with van der Waals surface area (Å²) in [5.41, 5.74) is 1.27. The van der Waals surface area contributed by atoms with Gasteiger partial charge in [-0.25, -0.2) is 0 Å². The van der Waals surface area contributed by atoms with Crippen molar-refractivity contribution in [2.45, 2.75) is 19.4 Å². The summed E-state index contributed by atoms with van der Waals surface area (Å²) in [5.74, 6) is 2.67. The van der Waals surface area contributed by atoms with Crippen molar-refractivity contribution in [3.8, 4) is 12.3 Å². The van der Waals surface area contributed by atoms with E-state index >= 15 is 0 Å². The van der Waals surface area contributed by atoms with Crippen LogP contribution in [-0.2, 0) is 6.54 Å². The maximum absolute atomic E-state index is 5.24. The summed E-state index contributed by atoms with van der Waals surface area (Å²) in [4.78, 5) is 0. The van der Waals surface area contributed by atoms with E-state index in [2.05, 4.69) is 56.9 Å². The Morgan fingerprint density at radius 2 is 2.20 bits per heavy atom. The lowest BCUT2D eigenvalue weighted by Crippen LogP contribution is -1.94. The van der Waals surface area contributed by atoms with E-state index in [0.29, 0.717) is 0 Å². The molecule has 0 atom stereocenters. The van der Waals surface area contributed by atoms with E-state index in [4.69, 9.17) is 6.42 Å². The number of terminal acetylenes is 1. The molecule has 0 aliphatic carbocycles. The lowest BCUT2D eigenvalue weighted by molar-refractivity contribution is 0.677. The fourth-order valence-electron chi connectivity index (χ4n) is 1.72. The first-order chi connectivity index (χ1) is 7.31. The molecule has 0 amide bonds. The van der Waals surface area contributed by atoms with Crippen LogP contribution in [0.1, 0.15) is 12.8 Å². The van der Waals surface area contributed by atoms with Crippen LogP contribution >= 0.6 is 15.9 Å². The molecule has 2 rings (SSSR count). The van der Waals surface area contributed by atoms with Crippen LogP contribution < -0.4 is 0 Å². The van der Waals surface area contributed by atoms with Crippen LogP contribution in [0.15, 0.2) is 34.9 Å². The number of aromatic nitrogens is 1. The van der Waals surface area contributed by atoms with E-state index in [1.54, 1.807) is 0 Å². The Labute approximate surface area is 98.2 Å². The molecule has 1 heterocycles. The third-order valence-electron chi connectivity index (χ3n) is 2.45. The van der Waals surface area contributed by atoms with E-state index in [-0.39, 0.29) is 0 Å². The van der Waals surface area contributed by atoms with E-state index in [1.165, 1.54) is 10.9 Å². The Bertz CT molecular complexity index is 505. The van der Waals surface area contributed by atoms with Crippen molar-refractivity contribution in [1.29, 1.82) is 0 Å². The van der Waals surface area contributed by atoms with Gasteiger partial charge in [-0.1, -0.05) is 15.9 Å². The summed E-state index contributed by atoms with van der Waals surface area (Å²) in [6.07, 6.45) is 9.24. The Kier molecular flexibility index (Phi) is 3.13. The number of benzene rings is 1. The molecule has 0 radical (unpaired) electrons. The van der Waals surface area contributed by atoms with E-state index in [1.807, 2.05) is 0 Å². The summed E-state index contributed by atoms with van der Waals surface area (Å²) in [5, 5.41) is 1.27. The van der Waals surface area contributed by atoms with Gasteiger partial charge in [-0.2, -0.15) is 0 Å². The zero-order valence-electron chi connectivity index (χ0n) is 8.41. The van der Waals surface area contributed by atoms with Crippen molar-refractivity contribution in [2.75, 3.05) is 0 Å². The summed E-state index contributed by atoms with van der Waals surface area (Å²) in [6, 6.07) is 8.47. The molecule has 1 aromatic carbocycles. The Morgan fingerprint density at radius 1 is 1.33 bits per heavy atom. The Morgan fingerprint density at radius 3 is 3.00 bits per heavy atom. The van der Waals surface area contributed by atoms with E-state index < -0.39 is 0 Å². The lowest BCUT2D eigenvalue weighted by Gasteiger charge is -2.03. The van der Waals surface area contributed by atoms with Crippen molar-refractivity contribution in [1.82, 2.24) is 4.57 Å². The number of hydrogen-bond acceptors (Lipinski definition) is 0. The van der Waals surface area contributed by atoms with Gasteiger partial charge < -0.3 is 4.57 Å². The molecule has 0 spiro atoms. The lowest BCUT2D eigenvalue weighted by atomic mass is 10.2. The van der Waals surface area contributed by atoms with Crippen molar-refractivity contribution >= 4 is 26.8 Å². The third kappa shape index (κ3) is 2.24. The largest absolute Gasteiger partial charge is 0.347 e. The van der Waals surface area contributed by atoms with Gasteiger partial charge in [0, 0.05) is 34.5 Å². The number of hydrogen-bond donors (Lipinski definition) is 0. The van der Waals surface area contributed by atoms with Gasteiger partial charge in [-0.05, 0) is 30.7 Å². The fourth-order valence-corrected chi connectivity index (χ4v) is 2.10. The zero-order valence-corrected chi connectivity index (χ0v) is 10.00. The second-order valence-electron chi connectivity index (χ2n) is 3.52. The van der Waals surface area contributed by atoms with E-state index in [9.17, 15) is 0 Å². The van der Waals surface area contributed by atoms with Gasteiger partial charge in [-0.3, -0.25) is 0 Å². The van der Waals surface area contributed by atoms with Crippen LogP contribution in [0, 0.1) is 12.3 Å². The molecule has 0 aliphatic heterocycles. The van der Waals surface area contributed by atoms with Crippen molar-refractivity contribution in [3.05, 3.63) is 34.9 Å². The van der Waals surface area contributed by atoms with Crippen LogP contribution in [0.3, 0.4) is 0 Å². The molecular formula is C13H12BrN. The molecule has 0 unspecified atom stereocenters. The topological polar surface area (TPSA) is 4.93 Å². The second kappa shape index (κ2) is 4.55. The highest BCUT2D eigenvalue weighted by Gasteiger charge is 2.00. The molecule has 15 heavy (non-hydrogen) atoms. The van der Waals surface area contributed by atoms with Crippen LogP contribution in [0.4, 0.5) is 0 Å². The number of halogens is 1. The SMILES string of the molecule is C#CCCCn1ccc2cc(Br)ccc21. The molecule has 2 aromatic rings.